The Hall–Kier alpha value is -1.57. The molecule has 0 fully saturated rings. The van der Waals surface area contributed by atoms with Crippen LogP contribution in [0.25, 0.3) is 0 Å². The van der Waals surface area contributed by atoms with Crippen LogP contribution in [0.1, 0.15) is 0 Å². The van der Waals surface area contributed by atoms with Crippen LogP contribution < -0.4 is 0 Å². The van der Waals surface area contributed by atoms with Crippen molar-refractivity contribution in [3.05, 3.63) is 49.1 Å². The average molecular weight is 164 g/mol. The normalized spacial score (nSPS) is 10.4. The summed E-state index contributed by atoms with van der Waals surface area (Å²) in [6.45, 7) is 7.17. The SMILES string of the molecule is C=C/C=C\C(=C)/C=C/C(=O)OC. The lowest BCUT2D eigenvalue weighted by Crippen LogP contribution is -1.93. The van der Waals surface area contributed by atoms with E-state index < -0.39 is 0 Å². The van der Waals surface area contributed by atoms with E-state index in [2.05, 4.69) is 17.9 Å². The minimum Gasteiger partial charge on any atom is -0.466 e. The van der Waals surface area contributed by atoms with Crippen LogP contribution in [0.2, 0.25) is 0 Å². The van der Waals surface area contributed by atoms with Crippen LogP contribution in [0.15, 0.2) is 49.1 Å². The standard InChI is InChI=1S/C10H12O2/c1-4-5-6-9(2)7-8-10(11)12-3/h4-8H,1-2H2,3H3/b6-5-,8-7+. The van der Waals surface area contributed by atoms with Crippen LogP contribution in [0.3, 0.4) is 0 Å². The molecule has 2 nitrogen and oxygen atoms in total. The fourth-order valence-corrected chi connectivity index (χ4v) is 0.490. The predicted molar refractivity (Wildman–Crippen MR) is 49.6 cm³/mol. The van der Waals surface area contributed by atoms with Crippen LogP contribution in [0.4, 0.5) is 0 Å². The minimum atomic E-state index is -0.386. The number of carbonyl (C=O) groups excluding carboxylic acids is 1. The van der Waals surface area contributed by atoms with Gasteiger partial charge in [0.05, 0.1) is 7.11 Å². The van der Waals surface area contributed by atoms with Crippen LogP contribution in [-0.2, 0) is 9.53 Å². The predicted octanol–water partition coefficient (Wildman–Crippen LogP) is 2.01. The molecule has 0 unspecified atom stereocenters. The molecule has 0 aliphatic rings. The number of ether oxygens (including phenoxy) is 1. The summed E-state index contributed by atoms with van der Waals surface area (Å²) in [5.41, 5.74) is 0.722. The molecular weight excluding hydrogens is 152 g/mol. The van der Waals surface area contributed by atoms with E-state index in [1.54, 1.807) is 24.3 Å². The molecule has 0 aromatic heterocycles. The Balaban J connectivity index is 3.99. The highest BCUT2D eigenvalue weighted by Gasteiger charge is 1.88. The molecule has 0 spiro atoms. The minimum absolute atomic E-state index is 0.386. The molecule has 0 heterocycles. The lowest BCUT2D eigenvalue weighted by atomic mass is 10.2. The summed E-state index contributed by atoms with van der Waals surface area (Å²) in [6, 6.07) is 0. The van der Waals surface area contributed by atoms with Gasteiger partial charge in [0, 0.05) is 6.08 Å². The highest BCUT2D eigenvalue weighted by molar-refractivity contribution is 5.82. The van der Waals surface area contributed by atoms with E-state index in [4.69, 9.17) is 0 Å². The van der Waals surface area contributed by atoms with Crippen molar-refractivity contribution in [2.24, 2.45) is 0 Å². The summed E-state index contributed by atoms with van der Waals surface area (Å²) < 4.78 is 4.39. The monoisotopic (exact) mass is 164 g/mol. The topological polar surface area (TPSA) is 26.3 Å². The van der Waals surface area contributed by atoms with Gasteiger partial charge in [0.25, 0.3) is 0 Å². The van der Waals surface area contributed by atoms with Crippen molar-refractivity contribution >= 4 is 5.97 Å². The van der Waals surface area contributed by atoms with Gasteiger partial charge in [-0.2, -0.15) is 0 Å². The fourth-order valence-electron chi connectivity index (χ4n) is 0.490. The molecule has 0 rings (SSSR count). The zero-order valence-corrected chi connectivity index (χ0v) is 7.12. The number of hydrogen-bond acceptors (Lipinski definition) is 2. The lowest BCUT2D eigenvalue weighted by molar-refractivity contribution is -0.134. The van der Waals surface area contributed by atoms with Crippen LogP contribution in [0.5, 0.6) is 0 Å². The lowest BCUT2D eigenvalue weighted by Gasteiger charge is -1.89. The van der Waals surface area contributed by atoms with Crippen molar-refractivity contribution in [1.82, 2.24) is 0 Å². The Morgan fingerprint density at radius 1 is 1.33 bits per heavy atom. The quantitative estimate of drug-likeness (QED) is 0.361. The number of rotatable bonds is 4. The maximum atomic E-state index is 10.6. The van der Waals surface area contributed by atoms with Gasteiger partial charge in [0.1, 0.15) is 0 Å². The van der Waals surface area contributed by atoms with Crippen LogP contribution in [0, 0.1) is 0 Å². The maximum absolute atomic E-state index is 10.6. The summed E-state index contributed by atoms with van der Waals surface area (Å²) in [7, 11) is 1.33. The molecular formula is C10H12O2. The van der Waals surface area contributed by atoms with Crippen molar-refractivity contribution in [3.8, 4) is 0 Å². The molecule has 2 heteroatoms. The molecule has 12 heavy (non-hydrogen) atoms. The van der Waals surface area contributed by atoms with E-state index in [0.717, 1.165) is 5.57 Å². The van der Waals surface area contributed by atoms with Crippen molar-refractivity contribution in [2.75, 3.05) is 7.11 Å². The highest BCUT2D eigenvalue weighted by atomic mass is 16.5. The molecule has 0 aliphatic heterocycles. The number of carbonyl (C=O) groups is 1. The molecule has 0 aliphatic carbocycles. The third-order valence-corrected chi connectivity index (χ3v) is 1.08. The first-order valence-corrected chi connectivity index (χ1v) is 3.44. The van der Waals surface area contributed by atoms with Crippen LogP contribution in [-0.4, -0.2) is 13.1 Å². The van der Waals surface area contributed by atoms with E-state index in [1.165, 1.54) is 13.2 Å². The molecule has 64 valence electrons. The summed E-state index contributed by atoms with van der Waals surface area (Å²) in [6.07, 6.45) is 8.01. The summed E-state index contributed by atoms with van der Waals surface area (Å²) in [4.78, 5) is 10.6. The van der Waals surface area contributed by atoms with E-state index in [-0.39, 0.29) is 5.97 Å². The molecule has 0 saturated carbocycles. The number of methoxy groups -OCH3 is 1. The molecule has 0 saturated heterocycles. The zero-order valence-electron chi connectivity index (χ0n) is 7.12. The van der Waals surface area contributed by atoms with E-state index in [9.17, 15) is 4.79 Å². The van der Waals surface area contributed by atoms with Gasteiger partial charge in [-0.05, 0) is 11.6 Å². The van der Waals surface area contributed by atoms with Gasteiger partial charge in [-0.15, -0.1) is 0 Å². The Kier molecular flexibility index (Phi) is 5.35. The maximum Gasteiger partial charge on any atom is 0.330 e. The Morgan fingerprint density at radius 2 is 2.00 bits per heavy atom. The number of allylic oxidation sites excluding steroid dienone is 5. The first kappa shape index (κ1) is 10.4. The first-order valence-electron chi connectivity index (χ1n) is 3.44. The largest absolute Gasteiger partial charge is 0.466 e. The molecule has 0 atom stereocenters. The van der Waals surface area contributed by atoms with E-state index in [1.807, 2.05) is 0 Å². The molecule has 0 bridgehead atoms. The average Bonchev–Trinajstić information content (AvgIpc) is 2.10. The summed E-state index contributed by atoms with van der Waals surface area (Å²) in [5, 5.41) is 0. The van der Waals surface area contributed by atoms with Gasteiger partial charge in [-0.3, -0.25) is 0 Å². The van der Waals surface area contributed by atoms with Gasteiger partial charge in [-0.1, -0.05) is 31.4 Å². The van der Waals surface area contributed by atoms with Crippen molar-refractivity contribution in [1.29, 1.82) is 0 Å². The number of hydrogen-bond donors (Lipinski definition) is 0. The zero-order chi connectivity index (χ0) is 9.40. The van der Waals surface area contributed by atoms with Crippen LogP contribution >= 0.6 is 0 Å². The molecule has 0 aromatic rings. The Labute approximate surface area is 72.5 Å². The van der Waals surface area contributed by atoms with Crippen molar-refractivity contribution in [3.63, 3.8) is 0 Å². The third-order valence-electron chi connectivity index (χ3n) is 1.08. The van der Waals surface area contributed by atoms with Gasteiger partial charge in [-0.25, -0.2) is 4.79 Å². The Morgan fingerprint density at radius 3 is 2.50 bits per heavy atom. The van der Waals surface area contributed by atoms with Crippen molar-refractivity contribution < 1.29 is 9.53 Å². The Bertz CT molecular complexity index is 234. The summed E-state index contributed by atoms with van der Waals surface area (Å²) in [5.74, 6) is -0.386. The third kappa shape index (κ3) is 5.23. The van der Waals surface area contributed by atoms with Gasteiger partial charge >= 0.3 is 5.97 Å². The first-order chi connectivity index (χ1) is 5.70. The highest BCUT2D eigenvalue weighted by Crippen LogP contribution is 1.95. The second kappa shape index (κ2) is 6.16. The second-order valence-corrected chi connectivity index (χ2v) is 2.03. The molecule has 0 N–H and O–H groups in total. The van der Waals surface area contributed by atoms with Gasteiger partial charge in [0.2, 0.25) is 0 Å². The number of esters is 1. The van der Waals surface area contributed by atoms with Gasteiger partial charge < -0.3 is 4.74 Å². The molecule has 0 amide bonds. The van der Waals surface area contributed by atoms with E-state index >= 15 is 0 Å². The molecule has 0 radical (unpaired) electrons. The smallest absolute Gasteiger partial charge is 0.330 e. The molecule has 0 aromatic carbocycles. The summed E-state index contributed by atoms with van der Waals surface area (Å²) >= 11 is 0. The fraction of sp³-hybridized carbons (Fsp3) is 0.100. The second-order valence-electron chi connectivity index (χ2n) is 2.03. The van der Waals surface area contributed by atoms with Gasteiger partial charge in [0.15, 0.2) is 0 Å². The van der Waals surface area contributed by atoms with E-state index in [0.29, 0.717) is 0 Å². The van der Waals surface area contributed by atoms with Crippen molar-refractivity contribution in [2.45, 2.75) is 0 Å².